The molecule has 0 spiro atoms. The van der Waals surface area contributed by atoms with Crippen LogP contribution in [0.25, 0.3) is 6.08 Å². The Labute approximate surface area is 169 Å². The molecule has 1 saturated heterocycles. The molecule has 1 atom stereocenters. The highest BCUT2D eigenvalue weighted by Crippen LogP contribution is 2.39. The lowest BCUT2D eigenvalue weighted by Gasteiger charge is -2.26. The number of carbonyl (C=O) groups excluding carboxylic acids is 1. The second-order valence-corrected chi connectivity index (χ2v) is 8.22. The summed E-state index contributed by atoms with van der Waals surface area (Å²) in [5.41, 5.74) is 1.62. The van der Waals surface area contributed by atoms with Crippen molar-refractivity contribution in [3.8, 4) is 0 Å². The van der Waals surface area contributed by atoms with Gasteiger partial charge >= 0.3 is 5.97 Å². The van der Waals surface area contributed by atoms with Crippen LogP contribution in [-0.4, -0.2) is 26.2 Å². The van der Waals surface area contributed by atoms with Gasteiger partial charge in [0.1, 0.15) is 4.32 Å². The molecule has 0 saturated carbocycles. The van der Waals surface area contributed by atoms with Crippen LogP contribution in [0.5, 0.6) is 0 Å². The fourth-order valence-corrected chi connectivity index (χ4v) is 4.28. The maximum atomic E-state index is 12.9. The number of thiocarbonyl (C=S) groups is 1. The maximum Gasteiger partial charge on any atom is 0.305 e. The zero-order valence-corrected chi connectivity index (χ0v) is 16.7. The van der Waals surface area contributed by atoms with Crippen molar-refractivity contribution in [2.45, 2.75) is 12.5 Å². The third kappa shape index (κ3) is 4.23. The molecule has 0 aliphatic carbocycles. The number of benzene rings is 2. The Morgan fingerprint density at radius 2 is 1.85 bits per heavy atom. The molecule has 1 fully saturated rings. The molecule has 26 heavy (non-hydrogen) atoms. The van der Waals surface area contributed by atoms with Gasteiger partial charge in [0.2, 0.25) is 0 Å². The molecule has 4 nitrogen and oxygen atoms in total. The van der Waals surface area contributed by atoms with Gasteiger partial charge in [-0.15, -0.1) is 0 Å². The van der Waals surface area contributed by atoms with Crippen molar-refractivity contribution in [3.05, 3.63) is 75.1 Å². The van der Waals surface area contributed by atoms with Crippen LogP contribution in [0, 0.1) is 0 Å². The number of carbonyl (C=O) groups is 2. The van der Waals surface area contributed by atoms with E-state index in [-0.39, 0.29) is 12.3 Å². The van der Waals surface area contributed by atoms with E-state index in [1.54, 1.807) is 6.08 Å². The number of aliphatic carboxylic acids is 1. The average molecular weight is 448 g/mol. The van der Waals surface area contributed by atoms with Gasteiger partial charge in [0.25, 0.3) is 5.91 Å². The first-order valence-corrected chi connectivity index (χ1v) is 9.77. The summed E-state index contributed by atoms with van der Waals surface area (Å²) in [5, 5.41) is 9.30. The van der Waals surface area contributed by atoms with Crippen molar-refractivity contribution in [3.63, 3.8) is 0 Å². The van der Waals surface area contributed by atoms with Crippen molar-refractivity contribution in [2.75, 3.05) is 0 Å². The number of carboxylic acid groups (broad SMARTS) is 1. The van der Waals surface area contributed by atoms with Gasteiger partial charge in [0.15, 0.2) is 0 Å². The van der Waals surface area contributed by atoms with Gasteiger partial charge in [-0.1, -0.05) is 82.4 Å². The van der Waals surface area contributed by atoms with Crippen LogP contribution in [0.15, 0.2) is 64.0 Å². The minimum Gasteiger partial charge on any atom is -0.481 e. The first kappa shape index (κ1) is 18.8. The van der Waals surface area contributed by atoms with E-state index in [9.17, 15) is 14.7 Å². The van der Waals surface area contributed by atoms with Crippen LogP contribution in [0.3, 0.4) is 0 Å². The summed E-state index contributed by atoms with van der Waals surface area (Å²) in [4.78, 5) is 26.2. The van der Waals surface area contributed by atoms with Crippen LogP contribution in [0.1, 0.15) is 23.6 Å². The summed E-state index contributed by atoms with van der Waals surface area (Å²) >= 11 is 9.96. The van der Waals surface area contributed by atoms with Crippen molar-refractivity contribution in [2.24, 2.45) is 0 Å². The van der Waals surface area contributed by atoms with E-state index < -0.39 is 12.0 Å². The van der Waals surface area contributed by atoms with Crippen molar-refractivity contribution in [1.82, 2.24) is 4.90 Å². The highest BCUT2D eigenvalue weighted by molar-refractivity contribution is 9.10. The van der Waals surface area contributed by atoms with Gasteiger partial charge in [-0.25, -0.2) is 0 Å². The third-order valence-corrected chi connectivity index (χ3v) is 5.71. The number of amides is 1. The minimum atomic E-state index is -0.982. The summed E-state index contributed by atoms with van der Waals surface area (Å²) in [6.07, 6.45) is 1.57. The van der Waals surface area contributed by atoms with Crippen LogP contribution in [-0.2, 0) is 9.59 Å². The molecule has 1 N–H and O–H groups in total. The number of nitrogens with zero attached hydrogens (tertiary/aromatic N) is 1. The van der Waals surface area contributed by atoms with Gasteiger partial charge in [-0.2, -0.15) is 0 Å². The van der Waals surface area contributed by atoms with E-state index in [0.717, 1.165) is 15.6 Å². The molecular weight excluding hydrogens is 434 g/mol. The monoisotopic (exact) mass is 447 g/mol. The molecule has 0 aromatic heterocycles. The Morgan fingerprint density at radius 1 is 1.19 bits per heavy atom. The Balaban J connectivity index is 1.93. The van der Waals surface area contributed by atoms with Gasteiger partial charge < -0.3 is 5.11 Å². The van der Waals surface area contributed by atoms with E-state index in [1.807, 2.05) is 54.6 Å². The van der Waals surface area contributed by atoms with Gasteiger partial charge in [-0.05, 0) is 29.3 Å². The smallest absolute Gasteiger partial charge is 0.305 e. The molecule has 1 aliphatic heterocycles. The van der Waals surface area contributed by atoms with Crippen molar-refractivity contribution < 1.29 is 14.7 Å². The van der Waals surface area contributed by atoms with Gasteiger partial charge in [0, 0.05) is 4.47 Å². The summed E-state index contributed by atoms with van der Waals surface area (Å²) < 4.78 is 1.32. The Hall–Kier alpha value is -1.96. The van der Waals surface area contributed by atoms with E-state index in [4.69, 9.17) is 12.2 Å². The zero-order chi connectivity index (χ0) is 18.7. The molecule has 0 radical (unpaired) electrons. The highest BCUT2D eigenvalue weighted by atomic mass is 79.9. The first-order chi connectivity index (χ1) is 12.5. The van der Waals surface area contributed by atoms with Crippen LogP contribution in [0.2, 0.25) is 0 Å². The minimum absolute atomic E-state index is 0.206. The van der Waals surface area contributed by atoms with Gasteiger partial charge in [-0.3, -0.25) is 14.5 Å². The van der Waals surface area contributed by atoms with Gasteiger partial charge in [0.05, 0.1) is 17.4 Å². The first-order valence-electron chi connectivity index (χ1n) is 7.75. The molecule has 1 heterocycles. The summed E-state index contributed by atoms with van der Waals surface area (Å²) in [7, 11) is 0. The number of thioether (sulfide) groups is 1. The largest absolute Gasteiger partial charge is 0.481 e. The molecule has 3 rings (SSSR count). The number of halogens is 1. The zero-order valence-electron chi connectivity index (χ0n) is 13.5. The molecular formula is C19H14BrNO3S2. The standard InChI is InChI=1S/C19H14BrNO3S2/c20-14-8-6-12(7-9-14)10-16-18(24)21(19(25)26-16)15(11-17(22)23)13-4-2-1-3-5-13/h1-10,15H,11H2,(H,22,23)/b16-10-/t15-/m1/s1. The number of rotatable bonds is 5. The Bertz CT molecular complexity index is 881. The number of hydrogen-bond donors (Lipinski definition) is 1. The summed E-state index contributed by atoms with van der Waals surface area (Å²) in [5.74, 6) is -1.25. The lowest BCUT2D eigenvalue weighted by atomic mass is 10.0. The van der Waals surface area contributed by atoms with Crippen molar-refractivity contribution >= 4 is 62.2 Å². The number of carboxylic acids is 1. The van der Waals surface area contributed by atoms with Crippen LogP contribution in [0.4, 0.5) is 0 Å². The normalized spacial score (nSPS) is 17.0. The van der Waals surface area contributed by atoms with E-state index in [2.05, 4.69) is 15.9 Å². The van der Waals surface area contributed by atoms with E-state index >= 15 is 0 Å². The lowest BCUT2D eigenvalue weighted by molar-refractivity contribution is -0.138. The summed E-state index contributed by atoms with van der Waals surface area (Å²) in [6.45, 7) is 0. The Morgan fingerprint density at radius 3 is 2.46 bits per heavy atom. The molecule has 0 unspecified atom stereocenters. The SMILES string of the molecule is O=C(O)C[C@H](c1ccccc1)N1C(=O)/C(=C/c2ccc(Br)cc2)SC1=S. The molecule has 7 heteroatoms. The quantitative estimate of drug-likeness (QED) is 0.523. The number of hydrogen-bond acceptors (Lipinski definition) is 4. The second-order valence-electron chi connectivity index (χ2n) is 5.63. The third-order valence-electron chi connectivity index (χ3n) is 3.86. The van der Waals surface area contributed by atoms with Crippen LogP contribution < -0.4 is 0 Å². The van der Waals surface area contributed by atoms with E-state index in [1.165, 1.54) is 16.7 Å². The fraction of sp³-hybridized carbons (Fsp3) is 0.105. The highest BCUT2D eigenvalue weighted by Gasteiger charge is 2.38. The molecule has 2 aromatic rings. The lowest BCUT2D eigenvalue weighted by Crippen LogP contribution is -2.34. The topological polar surface area (TPSA) is 57.6 Å². The molecule has 0 bridgehead atoms. The maximum absolute atomic E-state index is 12.9. The molecule has 1 amide bonds. The van der Waals surface area contributed by atoms with Crippen LogP contribution >= 0.6 is 39.9 Å². The molecule has 2 aromatic carbocycles. The molecule has 1 aliphatic rings. The molecule has 132 valence electrons. The Kier molecular flexibility index (Phi) is 5.90. The predicted octanol–water partition coefficient (Wildman–Crippen LogP) is 4.87. The van der Waals surface area contributed by atoms with Crippen molar-refractivity contribution in [1.29, 1.82) is 0 Å². The second kappa shape index (κ2) is 8.16. The van der Waals surface area contributed by atoms with E-state index in [0.29, 0.717) is 9.23 Å². The predicted molar refractivity (Wildman–Crippen MR) is 111 cm³/mol. The fourth-order valence-electron chi connectivity index (χ4n) is 2.66. The average Bonchev–Trinajstić information content (AvgIpc) is 2.89. The summed E-state index contributed by atoms with van der Waals surface area (Å²) in [6, 6.07) is 16.0.